The highest BCUT2D eigenvalue weighted by atomic mass is 16.2. The fourth-order valence-corrected chi connectivity index (χ4v) is 4.72. The molecule has 1 aliphatic carbocycles. The third-order valence-electron chi connectivity index (χ3n) is 6.39. The van der Waals surface area contributed by atoms with Gasteiger partial charge in [-0.2, -0.15) is 0 Å². The van der Waals surface area contributed by atoms with Crippen LogP contribution in [0, 0.1) is 12.8 Å². The minimum Gasteiger partial charge on any atom is -0.384 e. The molecule has 5 heteroatoms. The number of nitrogens with zero attached hydrogens (tertiary/aromatic N) is 2. The molecule has 0 radical (unpaired) electrons. The van der Waals surface area contributed by atoms with Gasteiger partial charge in [-0.25, -0.2) is 0 Å². The molecular weight excluding hydrogens is 384 g/mol. The second-order valence-corrected chi connectivity index (χ2v) is 9.31. The van der Waals surface area contributed by atoms with E-state index in [9.17, 15) is 4.79 Å². The largest absolute Gasteiger partial charge is 0.384 e. The molecule has 0 atom stereocenters. The first-order valence-electron chi connectivity index (χ1n) is 11.5. The van der Waals surface area contributed by atoms with Crippen LogP contribution in [-0.4, -0.2) is 30.2 Å². The molecule has 1 saturated carbocycles. The molecule has 1 heterocycles. The van der Waals surface area contributed by atoms with E-state index in [0.717, 1.165) is 53.3 Å². The molecule has 31 heavy (non-hydrogen) atoms. The summed E-state index contributed by atoms with van der Waals surface area (Å²) in [6.45, 7) is 7.27. The average Bonchev–Trinajstić information content (AvgIpc) is 2.86. The van der Waals surface area contributed by atoms with Crippen LogP contribution in [0.2, 0.25) is 0 Å². The number of aryl methyl sites for hydroxylation is 1. The zero-order valence-electron chi connectivity index (χ0n) is 18.9. The van der Waals surface area contributed by atoms with Crippen molar-refractivity contribution < 1.29 is 4.79 Å². The summed E-state index contributed by atoms with van der Waals surface area (Å²) in [5.74, 6) is 0.429. The summed E-state index contributed by atoms with van der Waals surface area (Å²) in [4.78, 5) is 20.8. The van der Waals surface area contributed by atoms with Gasteiger partial charge in [0.1, 0.15) is 5.54 Å². The number of benzene rings is 2. The maximum Gasteiger partial charge on any atom is 0.258 e. The van der Waals surface area contributed by atoms with Crippen LogP contribution in [0.1, 0.15) is 57.1 Å². The predicted octanol–water partition coefficient (Wildman–Crippen LogP) is 5.19. The van der Waals surface area contributed by atoms with Gasteiger partial charge < -0.3 is 11.1 Å². The van der Waals surface area contributed by atoms with Crippen molar-refractivity contribution in [2.45, 2.75) is 58.4 Å². The number of carbonyl (C=O) groups excluding carboxylic acids is 1. The van der Waals surface area contributed by atoms with E-state index in [1.165, 1.54) is 19.3 Å². The fourth-order valence-electron chi connectivity index (χ4n) is 4.72. The number of hydrogen-bond donors (Lipinski definition) is 2. The normalized spacial score (nSPS) is 18.9. The summed E-state index contributed by atoms with van der Waals surface area (Å²) in [7, 11) is 0. The Bertz CT molecular complexity index is 971. The molecule has 0 aromatic heterocycles. The highest BCUT2D eigenvalue weighted by molar-refractivity contribution is 6.17. The van der Waals surface area contributed by atoms with Gasteiger partial charge in [-0.1, -0.05) is 31.4 Å². The van der Waals surface area contributed by atoms with Gasteiger partial charge in [0.15, 0.2) is 0 Å². The van der Waals surface area contributed by atoms with Gasteiger partial charge in [0.2, 0.25) is 0 Å². The maximum atomic E-state index is 13.8. The van der Waals surface area contributed by atoms with Crippen LogP contribution in [0.25, 0.3) is 0 Å². The Hall–Kier alpha value is -2.66. The highest BCUT2D eigenvalue weighted by Gasteiger charge is 2.39. The Balaban J connectivity index is 1.82. The lowest BCUT2D eigenvalue weighted by Crippen LogP contribution is -2.41. The van der Waals surface area contributed by atoms with Crippen molar-refractivity contribution in [2.24, 2.45) is 16.6 Å². The number of aliphatic imine (C=N–C) groups is 1. The highest BCUT2D eigenvalue weighted by Crippen LogP contribution is 2.40. The van der Waals surface area contributed by atoms with E-state index in [0.29, 0.717) is 12.5 Å². The van der Waals surface area contributed by atoms with E-state index in [1.807, 2.05) is 43.0 Å². The Kier molecular flexibility index (Phi) is 6.15. The number of nitrogens with two attached hydrogens (primary N) is 1. The first kappa shape index (κ1) is 21.6. The lowest BCUT2D eigenvalue weighted by atomic mass is 9.82. The Morgan fingerprint density at radius 3 is 2.48 bits per heavy atom. The van der Waals surface area contributed by atoms with E-state index in [1.54, 1.807) is 0 Å². The Labute approximate surface area is 185 Å². The summed E-state index contributed by atoms with van der Waals surface area (Å²) < 4.78 is 0. The number of rotatable bonds is 5. The lowest BCUT2D eigenvalue weighted by Gasteiger charge is -2.28. The molecule has 5 nitrogen and oxygen atoms in total. The first-order valence-corrected chi connectivity index (χ1v) is 11.5. The minimum absolute atomic E-state index is 0.00725. The van der Waals surface area contributed by atoms with Crippen LogP contribution >= 0.6 is 0 Å². The fraction of sp³-hybridized carbons (Fsp3) is 0.462. The molecule has 0 unspecified atom stereocenters. The van der Waals surface area contributed by atoms with Crippen LogP contribution in [0.5, 0.6) is 0 Å². The monoisotopic (exact) mass is 418 g/mol. The molecule has 2 aromatic rings. The average molecular weight is 419 g/mol. The van der Waals surface area contributed by atoms with Crippen molar-refractivity contribution in [3.8, 4) is 0 Å². The van der Waals surface area contributed by atoms with Gasteiger partial charge in [0.25, 0.3) is 5.91 Å². The van der Waals surface area contributed by atoms with Crippen molar-refractivity contribution in [3.05, 3.63) is 53.6 Å². The van der Waals surface area contributed by atoms with Gasteiger partial charge in [0, 0.05) is 41.7 Å². The molecule has 4 rings (SSSR count). The summed E-state index contributed by atoms with van der Waals surface area (Å²) in [5, 5.41) is 3.29. The predicted molar refractivity (Wildman–Crippen MR) is 130 cm³/mol. The summed E-state index contributed by atoms with van der Waals surface area (Å²) >= 11 is 0. The van der Waals surface area contributed by atoms with Crippen LogP contribution in [0.4, 0.5) is 17.1 Å². The van der Waals surface area contributed by atoms with E-state index in [2.05, 4.69) is 30.4 Å². The molecule has 0 bridgehead atoms. The molecular formula is C26H34N4O. The molecule has 1 aliphatic heterocycles. The third-order valence-corrected chi connectivity index (χ3v) is 6.39. The number of nitrogens with one attached hydrogen (secondary N) is 1. The van der Waals surface area contributed by atoms with Crippen molar-refractivity contribution in [3.63, 3.8) is 0 Å². The first-order chi connectivity index (χ1) is 14.9. The minimum atomic E-state index is -0.823. The van der Waals surface area contributed by atoms with Crippen LogP contribution in [-0.2, 0) is 4.79 Å². The number of anilines is 3. The van der Waals surface area contributed by atoms with Crippen molar-refractivity contribution >= 4 is 28.7 Å². The summed E-state index contributed by atoms with van der Waals surface area (Å²) in [6, 6.07) is 14.5. The Morgan fingerprint density at radius 2 is 1.81 bits per heavy atom. The quantitative estimate of drug-likeness (QED) is 0.702. The van der Waals surface area contributed by atoms with Crippen molar-refractivity contribution in [2.75, 3.05) is 23.3 Å². The number of amides is 1. The molecule has 1 amide bonds. The summed E-state index contributed by atoms with van der Waals surface area (Å²) in [6.07, 6.45) is 6.07. The van der Waals surface area contributed by atoms with Crippen LogP contribution in [0.15, 0.2) is 47.5 Å². The standard InChI is InChI=1S/C26H34N4O/c1-18-9-14-22-23(17-18)30(21-12-10-20(11-13-21)28-16-15-27)25(31)26(2,3)29-24(22)19-7-5-4-6-8-19/h9-14,17,19,28H,4-8,15-16,27H2,1-3H3. The number of hydrogen-bond acceptors (Lipinski definition) is 4. The van der Waals surface area contributed by atoms with E-state index < -0.39 is 5.54 Å². The van der Waals surface area contributed by atoms with Crippen LogP contribution < -0.4 is 16.0 Å². The number of benzodiazepines with no additional fused rings is 1. The lowest BCUT2D eigenvalue weighted by molar-refractivity contribution is -0.121. The van der Waals surface area contributed by atoms with Crippen molar-refractivity contribution in [1.29, 1.82) is 0 Å². The zero-order valence-corrected chi connectivity index (χ0v) is 18.9. The second-order valence-electron chi connectivity index (χ2n) is 9.31. The summed E-state index contributed by atoms with van der Waals surface area (Å²) in [5.41, 5.74) is 10.9. The van der Waals surface area contributed by atoms with Crippen LogP contribution in [0.3, 0.4) is 0 Å². The Morgan fingerprint density at radius 1 is 1.10 bits per heavy atom. The van der Waals surface area contributed by atoms with Crippen molar-refractivity contribution in [1.82, 2.24) is 0 Å². The maximum absolute atomic E-state index is 13.8. The molecule has 164 valence electrons. The van der Waals surface area contributed by atoms with Gasteiger partial charge in [-0.3, -0.25) is 14.7 Å². The second kappa shape index (κ2) is 8.83. The van der Waals surface area contributed by atoms with E-state index >= 15 is 0 Å². The zero-order chi connectivity index (χ0) is 22.0. The SMILES string of the molecule is Cc1ccc2c(c1)N(c1ccc(NCCN)cc1)C(=O)C(C)(C)N=C2C1CCCCC1. The molecule has 0 spiro atoms. The molecule has 0 saturated heterocycles. The smallest absolute Gasteiger partial charge is 0.258 e. The van der Waals surface area contributed by atoms with E-state index in [4.69, 9.17) is 10.7 Å². The van der Waals surface area contributed by atoms with Gasteiger partial charge in [-0.15, -0.1) is 0 Å². The number of fused-ring (bicyclic) bond motifs is 1. The molecule has 2 aliphatic rings. The third kappa shape index (κ3) is 4.38. The van der Waals surface area contributed by atoms with Gasteiger partial charge >= 0.3 is 0 Å². The molecule has 3 N–H and O–H groups in total. The van der Waals surface area contributed by atoms with E-state index in [-0.39, 0.29) is 5.91 Å². The molecule has 2 aromatic carbocycles. The molecule has 1 fully saturated rings. The topological polar surface area (TPSA) is 70.7 Å². The number of carbonyl (C=O) groups is 1. The van der Waals surface area contributed by atoms with Gasteiger partial charge in [0.05, 0.1) is 5.69 Å². The van der Waals surface area contributed by atoms with Gasteiger partial charge in [-0.05, 0) is 69.5 Å².